The molecule has 0 spiro atoms. The van der Waals surface area contributed by atoms with E-state index in [0.717, 1.165) is 25.8 Å². The zero-order valence-corrected chi connectivity index (χ0v) is 20.1. The molecule has 3 N–H and O–H groups in total. The summed E-state index contributed by atoms with van der Waals surface area (Å²) >= 11 is 0. The minimum Gasteiger partial charge on any atom is -0.356 e. The van der Waals surface area contributed by atoms with Crippen molar-refractivity contribution in [2.24, 2.45) is 11.7 Å². The monoisotopic (exact) mass is 423 g/mol. The van der Waals surface area contributed by atoms with Crippen molar-refractivity contribution in [3.63, 3.8) is 0 Å². The zero-order chi connectivity index (χ0) is 22.2. The Kier molecular flexibility index (Phi) is 14.1. The number of nitrogens with one attached hydrogen (secondary N) is 1. The normalized spacial score (nSPS) is 17.2. The molecule has 1 heterocycles. The van der Waals surface area contributed by atoms with E-state index in [-0.39, 0.29) is 17.7 Å². The highest BCUT2D eigenvalue weighted by molar-refractivity contribution is 5.78. The maximum absolute atomic E-state index is 12.1. The zero-order valence-electron chi connectivity index (χ0n) is 20.1. The Labute approximate surface area is 185 Å². The van der Waals surface area contributed by atoms with E-state index >= 15 is 0 Å². The standard InChI is InChI=1S/C25H49N3O2/c1-4-5-6-7-8-9-10-11-12-13-14-15-17-23(29)27-20-22(2)25(3,26)21-28-19-16-18-24(28)30/h22H,4-21,26H2,1-3H3,(H,27,29). The average Bonchev–Trinajstić information content (AvgIpc) is 3.10. The van der Waals surface area contributed by atoms with E-state index in [1.807, 2.05) is 11.8 Å². The first-order valence-electron chi connectivity index (χ1n) is 12.7. The Morgan fingerprint density at radius 3 is 2.07 bits per heavy atom. The number of unbranched alkanes of at least 4 members (excludes halogenated alkanes) is 11. The molecule has 0 aromatic rings. The number of hydrogen-bond acceptors (Lipinski definition) is 3. The predicted octanol–water partition coefficient (Wildman–Crippen LogP) is 5.17. The molecule has 0 aromatic heterocycles. The van der Waals surface area contributed by atoms with Crippen LogP contribution in [0.2, 0.25) is 0 Å². The van der Waals surface area contributed by atoms with E-state index in [2.05, 4.69) is 19.2 Å². The van der Waals surface area contributed by atoms with Gasteiger partial charge in [0.15, 0.2) is 0 Å². The Hall–Kier alpha value is -1.10. The first-order chi connectivity index (χ1) is 14.4. The van der Waals surface area contributed by atoms with Crippen molar-refractivity contribution in [3.8, 4) is 0 Å². The summed E-state index contributed by atoms with van der Waals surface area (Å²) in [5.41, 5.74) is 5.98. The van der Waals surface area contributed by atoms with Gasteiger partial charge in [0, 0.05) is 38.0 Å². The van der Waals surface area contributed by atoms with Crippen LogP contribution in [0.15, 0.2) is 0 Å². The van der Waals surface area contributed by atoms with Gasteiger partial charge in [0.25, 0.3) is 0 Å². The lowest BCUT2D eigenvalue weighted by molar-refractivity contribution is -0.128. The molecule has 0 saturated carbocycles. The quantitative estimate of drug-likeness (QED) is 0.299. The van der Waals surface area contributed by atoms with E-state index in [1.165, 1.54) is 64.2 Å². The number of carbonyl (C=O) groups excluding carboxylic acids is 2. The van der Waals surface area contributed by atoms with Crippen molar-refractivity contribution >= 4 is 11.8 Å². The molecular formula is C25H49N3O2. The molecule has 1 aliphatic heterocycles. The van der Waals surface area contributed by atoms with Gasteiger partial charge in [0.2, 0.25) is 11.8 Å². The SMILES string of the molecule is CCCCCCCCCCCCCCC(=O)NCC(C)C(C)(N)CN1CCCC1=O. The third-order valence-electron chi connectivity index (χ3n) is 6.69. The Balaban J connectivity index is 1.99. The van der Waals surface area contributed by atoms with Gasteiger partial charge in [-0.1, -0.05) is 84.5 Å². The van der Waals surface area contributed by atoms with Gasteiger partial charge in [0.05, 0.1) is 0 Å². The molecule has 2 unspecified atom stereocenters. The minimum atomic E-state index is -0.483. The second kappa shape index (κ2) is 15.7. The lowest BCUT2D eigenvalue weighted by Crippen LogP contribution is -2.55. The number of likely N-dealkylation sites (tertiary alicyclic amines) is 1. The highest BCUT2D eigenvalue weighted by atomic mass is 16.2. The number of hydrogen-bond donors (Lipinski definition) is 2. The van der Waals surface area contributed by atoms with Crippen molar-refractivity contribution in [1.29, 1.82) is 0 Å². The van der Waals surface area contributed by atoms with E-state index in [9.17, 15) is 9.59 Å². The lowest BCUT2D eigenvalue weighted by atomic mass is 9.87. The van der Waals surface area contributed by atoms with Gasteiger partial charge in [-0.2, -0.15) is 0 Å². The van der Waals surface area contributed by atoms with E-state index in [0.29, 0.717) is 25.9 Å². The van der Waals surface area contributed by atoms with Crippen LogP contribution in [0.4, 0.5) is 0 Å². The minimum absolute atomic E-state index is 0.122. The van der Waals surface area contributed by atoms with Crippen molar-refractivity contribution in [2.45, 2.75) is 123 Å². The van der Waals surface area contributed by atoms with Gasteiger partial charge in [-0.15, -0.1) is 0 Å². The molecule has 0 aliphatic carbocycles. The van der Waals surface area contributed by atoms with Crippen molar-refractivity contribution in [1.82, 2.24) is 10.2 Å². The van der Waals surface area contributed by atoms with Gasteiger partial charge < -0.3 is 16.0 Å². The highest BCUT2D eigenvalue weighted by Gasteiger charge is 2.32. The molecule has 0 bridgehead atoms. The second-order valence-corrected chi connectivity index (χ2v) is 9.77. The molecule has 1 aliphatic rings. The largest absolute Gasteiger partial charge is 0.356 e. The van der Waals surface area contributed by atoms with E-state index < -0.39 is 5.54 Å². The van der Waals surface area contributed by atoms with Gasteiger partial charge in [-0.05, 0) is 25.7 Å². The van der Waals surface area contributed by atoms with Gasteiger partial charge >= 0.3 is 0 Å². The molecule has 5 nitrogen and oxygen atoms in total. The van der Waals surface area contributed by atoms with Gasteiger partial charge in [0.1, 0.15) is 0 Å². The van der Waals surface area contributed by atoms with E-state index in [1.54, 1.807) is 0 Å². The molecule has 2 atom stereocenters. The lowest BCUT2D eigenvalue weighted by Gasteiger charge is -2.35. The van der Waals surface area contributed by atoms with Crippen LogP contribution in [0.1, 0.15) is 117 Å². The third-order valence-corrected chi connectivity index (χ3v) is 6.69. The molecule has 176 valence electrons. The third kappa shape index (κ3) is 11.9. The first-order valence-corrected chi connectivity index (χ1v) is 12.7. The van der Waals surface area contributed by atoms with Crippen LogP contribution in [0.3, 0.4) is 0 Å². The molecule has 1 fully saturated rings. The smallest absolute Gasteiger partial charge is 0.222 e. The summed E-state index contributed by atoms with van der Waals surface area (Å²) in [5, 5.41) is 3.04. The summed E-state index contributed by atoms with van der Waals surface area (Å²) in [4.78, 5) is 25.8. The molecule has 1 saturated heterocycles. The number of carbonyl (C=O) groups is 2. The van der Waals surface area contributed by atoms with Crippen LogP contribution in [-0.4, -0.2) is 41.9 Å². The van der Waals surface area contributed by atoms with E-state index in [4.69, 9.17) is 5.73 Å². The maximum atomic E-state index is 12.1. The molecule has 0 aromatic carbocycles. The second-order valence-electron chi connectivity index (χ2n) is 9.77. The van der Waals surface area contributed by atoms with Crippen LogP contribution in [0.25, 0.3) is 0 Å². The fraction of sp³-hybridized carbons (Fsp3) is 0.920. The Morgan fingerprint density at radius 2 is 1.57 bits per heavy atom. The van der Waals surface area contributed by atoms with Crippen molar-refractivity contribution < 1.29 is 9.59 Å². The molecule has 0 radical (unpaired) electrons. The number of nitrogens with zero attached hydrogens (tertiary/aromatic N) is 1. The van der Waals surface area contributed by atoms with Crippen molar-refractivity contribution in [3.05, 3.63) is 0 Å². The summed E-state index contributed by atoms with van der Waals surface area (Å²) in [6.45, 7) is 8.27. The first kappa shape index (κ1) is 26.9. The summed E-state index contributed by atoms with van der Waals surface area (Å²) in [5.74, 6) is 0.452. The van der Waals surface area contributed by atoms with Crippen LogP contribution in [-0.2, 0) is 9.59 Å². The summed E-state index contributed by atoms with van der Waals surface area (Å²) in [6, 6.07) is 0. The molecule has 2 amide bonds. The van der Waals surface area contributed by atoms with Crippen LogP contribution >= 0.6 is 0 Å². The van der Waals surface area contributed by atoms with Gasteiger partial charge in [-0.3, -0.25) is 9.59 Å². The molecule has 1 rings (SSSR count). The summed E-state index contributed by atoms with van der Waals surface area (Å²) in [7, 11) is 0. The number of nitrogens with two attached hydrogens (primary N) is 1. The van der Waals surface area contributed by atoms with Crippen molar-refractivity contribution in [2.75, 3.05) is 19.6 Å². The molecular weight excluding hydrogens is 374 g/mol. The highest BCUT2D eigenvalue weighted by Crippen LogP contribution is 2.19. The van der Waals surface area contributed by atoms with Crippen LogP contribution in [0, 0.1) is 5.92 Å². The maximum Gasteiger partial charge on any atom is 0.222 e. The topological polar surface area (TPSA) is 75.4 Å². The Morgan fingerprint density at radius 1 is 1.03 bits per heavy atom. The van der Waals surface area contributed by atoms with Gasteiger partial charge in [-0.25, -0.2) is 0 Å². The predicted molar refractivity (Wildman–Crippen MR) is 126 cm³/mol. The summed E-state index contributed by atoms with van der Waals surface area (Å²) in [6.07, 6.45) is 17.8. The number of amides is 2. The molecule has 30 heavy (non-hydrogen) atoms. The number of rotatable bonds is 18. The van der Waals surface area contributed by atoms with Crippen LogP contribution < -0.4 is 11.1 Å². The fourth-order valence-corrected chi connectivity index (χ4v) is 4.15. The average molecular weight is 424 g/mol. The summed E-state index contributed by atoms with van der Waals surface area (Å²) < 4.78 is 0. The van der Waals surface area contributed by atoms with Crippen LogP contribution in [0.5, 0.6) is 0 Å². The Bertz CT molecular complexity index is 479. The fourth-order valence-electron chi connectivity index (χ4n) is 4.15. The molecule has 5 heteroatoms.